The summed E-state index contributed by atoms with van der Waals surface area (Å²) in [6.45, 7) is 2.35. The van der Waals surface area contributed by atoms with Gasteiger partial charge in [0.25, 0.3) is 17.6 Å². The lowest BCUT2D eigenvalue weighted by Gasteiger charge is -2.27. The number of ketones is 1. The van der Waals surface area contributed by atoms with Gasteiger partial charge in [-0.2, -0.15) is 13.2 Å². The highest BCUT2D eigenvalue weighted by molar-refractivity contribution is 6.44. The molecule has 1 heterocycles. The Morgan fingerprint density at radius 1 is 1.23 bits per heavy atom. The van der Waals surface area contributed by atoms with E-state index in [-0.39, 0.29) is 34.1 Å². The minimum Gasteiger partial charge on any atom is -0.393 e. The van der Waals surface area contributed by atoms with Crippen molar-refractivity contribution in [1.29, 1.82) is 0 Å². The third-order valence-corrected chi connectivity index (χ3v) is 6.23. The van der Waals surface area contributed by atoms with Gasteiger partial charge in [-0.1, -0.05) is 5.92 Å². The topological polar surface area (TPSA) is 100 Å². The monoisotopic (exact) mass is 493 g/mol. The van der Waals surface area contributed by atoms with Gasteiger partial charge in [-0.05, 0) is 56.4 Å². The maximum Gasteiger partial charge on any atom is 0.419 e. The molecule has 186 valence electrons. The number of nitrogens with one attached hydrogen (secondary N) is 2. The van der Waals surface area contributed by atoms with Crippen LogP contribution in [-0.2, 0) is 18.0 Å². The number of carbonyl (C=O) groups is 3. The van der Waals surface area contributed by atoms with Crippen molar-refractivity contribution >= 4 is 23.3 Å². The second kappa shape index (κ2) is 9.19. The van der Waals surface area contributed by atoms with Crippen LogP contribution in [0.3, 0.4) is 0 Å². The summed E-state index contributed by atoms with van der Waals surface area (Å²) in [6.07, 6.45) is 1.92. The van der Waals surface area contributed by atoms with E-state index in [1.165, 1.54) is 25.5 Å². The molecule has 1 aromatic heterocycles. The van der Waals surface area contributed by atoms with Crippen LogP contribution in [0.2, 0.25) is 0 Å². The number of alkyl halides is 3. The first-order valence-corrected chi connectivity index (χ1v) is 10.6. The molecule has 1 atom stereocenters. The zero-order valence-electron chi connectivity index (χ0n) is 19.1. The Balaban J connectivity index is 1.90. The van der Waals surface area contributed by atoms with Crippen LogP contribution in [0.25, 0.3) is 0 Å². The lowest BCUT2D eigenvalue weighted by atomic mass is 9.94. The largest absolute Gasteiger partial charge is 0.419 e. The predicted octanol–water partition coefficient (Wildman–Crippen LogP) is 3.13. The zero-order valence-corrected chi connectivity index (χ0v) is 19.1. The maximum absolute atomic E-state index is 13.6. The van der Waals surface area contributed by atoms with Crippen LogP contribution in [0.5, 0.6) is 0 Å². The number of aliphatic hydroxyl groups is 1. The second-order valence-electron chi connectivity index (χ2n) is 8.47. The van der Waals surface area contributed by atoms with Crippen molar-refractivity contribution in [2.45, 2.75) is 38.4 Å². The van der Waals surface area contributed by atoms with Crippen LogP contribution in [-0.4, -0.2) is 39.4 Å². The van der Waals surface area contributed by atoms with Crippen molar-refractivity contribution in [2.75, 3.05) is 11.9 Å². The number of carbonyl (C=O) groups excluding carboxylic acids is 3. The van der Waals surface area contributed by atoms with Crippen LogP contribution in [0.15, 0.2) is 18.2 Å². The van der Waals surface area contributed by atoms with E-state index in [0.717, 1.165) is 6.07 Å². The van der Waals surface area contributed by atoms with Crippen LogP contribution >= 0.6 is 0 Å². The molecular weight excluding hydrogens is 470 g/mol. The van der Waals surface area contributed by atoms with Gasteiger partial charge in [0.15, 0.2) is 0 Å². The summed E-state index contributed by atoms with van der Waals surface area (Å²) in [6, 6.07) is 2.02. The first-order valence-electron chi connectivity index (χ1n) is 10.6. The molecule has 1 aliphatic rings. The molecular formula is C24H23F4N3O4. The normalized spacial score (nSPS) is 15.2. The van der Waals surface area contributed by atoms with Gasteiger partial charge in [0.1, 0.15) is 17.1 Å². The molecule has 3 rings (SSSR count). The Bertz CT molecular complexity index is 1250. The number of anilines is 1. The molecule has 1 aliphatic carbocycles. The second-order valence-corrected chi connectivity index (χ2v) is 8.47. The summed E-state index contributed by atoms with van der Waals surface area (Å²) in [5, 5.41) is 14.4. The minimum absolute atomic E-state index is 0.0788. The molecule has 0 radical (unpaired) electrons. The van der Waals surface area contributed by atoms with Gasteiger partial charge < -0.3 is 20.3 Å². The van der Waals surface area contributed by atoms with E-state index in [9.17, 15) is 37.1 Å². The highest BCUT2D eigenvalue weighted by Crippen LogP contribution is 2.39. The van der Waals surface area contributed by atoms with E-state index in [4.69, 9.17) is 6.42 Å². The van der Waals surface area contributed by atoms with Crippen molar-refractivity contribution in [2.24, 2.45) is 13.0 Å². The van der Waals surface area contributed by atoms with E-state index < -0.39 is 47.3 Å². The number of nitrogens with zero attached hydrogens (tertiary/aromatic N) is 1. The molecule has 0 aliphatic heterocycles. The van der Waals surface area contributed by atoms with Crippen LogP contribution in [0.1, 0.15) is 50.5 Å². The molecule has 11 heteroatoms. The summed E-state index contributed by atoms with van der Waals surface area (Å²) in [5.41, 5.74) is -3.01. The van der Waals surface area contributed by atoms with Crippen LogP contribution < -0.4 is 10.6 Å². The number of terminal acetylenes is 1. The Labute approximate surface area is 198 Å². The van der Waals surface area contributed by atoms with E-state index in [1.807, 2.05) is 0 Å². The molecule has 1 fully saturated rings. The minimum atomic E-state index is -4.96. The zero-order chi connectivity index (χ0) is 26.3. The Morgan fingerprint density at radius 2 is 1.86 bits per heavy atom. The molecule has 1 aromatic carbocycles. The number of benzene rings is 1. The number of rotatable bonds is 7. The van der Waals surface area contributed by atoms with Gasteiger partial charge in [-0.25, -0.2) is 4.39 Å². The van der Waals surface area contributed by atoms with E-state index in [2.05, 4.69) is 16.6 Å². The molecule has 0 bridgehead atoms. The fourth-order valence-corrected chi connectivity index (χ4v) is 4.06. The SMILES string of the molecule is C#C[C@](CO)(NC(=O)C(=O)c1c(C)c(C(=O)Nc2ccc(F)c(C(F)(F)F)c2)n(C)c1C)C1CC1. The first kappa shape index (κ1) is 26.0. The van der Waals surface area contributed by atoms with Crippen molar-refractivity contribution in [1.82, 2.24) is 9.88 Å². The summed E-state index contributed by atoms with van der Waals surface area (Å²) < 4.78 is 53.9. The molecule has 0 saturated heterocycles. The van der Waals surface area contributed by atoms with Crippen molar-refractivity contribution < 1.29 is 37.1 Å². The van der Waals surface area contributed by atoms with E-state index in [1.54, 1.807) is 0 Å². The van der Waals surface area contributed by atoms with Crippen LogP contribution in [0.4, 0.5) is 23.2 Å². The Morgan fingerprint density at radius 3 is 2.37 bits per heavy atom. The van der Waals surface area contributed by atoms with Gasteiger partial charge in [0.2, 0.25) is 0 Å². The number of aliphatic hydroxyl groups excluding tert-OH is 1. The maximum atomic E-state index is 13.6. The molecule has 35 heavy (non-hydrogen) atoms. The Kier molecular flexibility index (Phi) is 6.81. The molecule has 2 amide bonds. The molecule has 1 saturated carbocycles. The molecule has 3 N–H and O–H groups in total. The Hall–Kier alpha value is -3.65. The quantitative estimate of drug-likeness (QED) is 0.239. The smallest absolute Gasteiger partial charge is 0.393 e. The van der Waals surface area contributed by atoms with Crippen molar-refractivity contribution in [3.05, 3.63) is 52.1 Å². The number of Topliss-reactive ketones (excluding diaryl/α,β-unsaturated/α-hetero) is 1. The number of aromatic nitrogens is 1. The van der Waals surface area contributed by atoms with E-state index >= 15 is 0 Å². The molecule has 2 aromatic rings. The fraction of sp³-hybridized carbons (Fsp3) is 0.375. The van der Waals surface area contributed by atoms with Gasteiger partial charge >= 0.3 is 6.18 Å². The van der Waals surface area contributed by atoms with Gasteiger partial charge in [0, 0.05) is 18.4 Å². The lowest BCUT2D eigenvalue weighted by Crippen LogP contribution is -2.54. The molecule has 0 unspecified atom stereocenters. The third-order valence-electron chi connectivity index (χ3n) is 6.23. The van der Waals surface area contributed by atoms with Crippen LogP contribution in [0, 0.1) is 37.9 Å². The molecule has 7 nitrogen and oxygen atoms in total. The summed E-state index contributed by atoms with van der Waals surface area (Å²) >= 11 is 0. The highest BCUT2D eigenvalue weighted by Gasteiger charge is 2.46. The summed E-state index contributed by atoms with van der Waals surface area (Å²) in [4.78, 5) is 38.6. The number of amides is 2. The first-order chi connectivity index (χ1) is 16.3. The number of hydrogen-bond acceptors (Lipinski definition) is 4. The number of halogens is 4. The lowest BCUT2D eigenvalue weighted by molar-refractivity contribution is -0.140. The van der Waals surface area contributed by atoms with Gasteiger partial charge in [-0.3, -0.25) is 14.4 Å². The number of hydrogen-bond donors (Lipinski definition) is 3. The third kappa shape index (κ3) is 4.79. The average molecular weight is 493 g/mol. The average Bonchev–Trinajstić information content (AvgIpc) is 3.60. The van der Waals surface area contributed by atoms with Gasteiger partial charge in [-0.15, -0.1) is 6.42 Å². The highest BCUT2D eigenvalue weighted by atomic mass is 19.4. The van der Waals surface area contributed by atoms with Crippen molar-refractivity contribution in [3.63, 3.8) is 0 Å². The van der Waals surface area contributed by atoms with Crippen molar-refractivity contribution in [3.8, 4) is 12.3 Å². The predicted molar refractivity (Wildman–Crippen MR) is 118 cm³/mol. The standard InChI is InChI=1S/C24H23F4N3O4/c1-5-23(11-32,14-6-7-14)30-22(35)20(33)18-12(2)19(31(4)13(18)3)21(34)29-15-8-9-17(25)16(10-15)24(26,27)28/h1,8-10,14,32H,6-7,11H2,2-4H3,(H,29,34)(H,30,35)/t23-/m1/s1. The summed E-state index contributed by atoms with van der Waals surface area (Å²) in [7, 11) is 1.45. The van der Waals surface area contributed by atoms with Gasteiger partial charge in [0.05, 0.1) is 17.7 Å². The summed E-state index contributed by atoms with van der Waals surface area (Å²) in [5.74, 6) is -2.18. The molecule has 0 spiro atoms. The van der Waals surface area contributed by atoms with E-state index in [0.29, 0.717) is 25.0 Å². The fourth-order valence-electron chi connectivity index (χ4n) is 4.06.